The fourth-order valence-corrected chi connectivity index (χ4v) is 2.75. The third-order valence-electron chi connectivity index (χ3n) is 4.34. The van der Waals surface area contributed by atoms with Gasteiger partial charge in [0.25, 0.3) is 0 Å². The molecule has 1 amide bonds. The second-order valence-corrected chi connectivity index (χ2v) is 7.64. The summed E-state index contributed by atoms with van der Waals surface area (Å²) in [5.74, 6) is -0.651. The normalized spacial score (nSPS) is 18.1. The number of piperidine rings is 1. The van der Waals surface area contributed by atoms with Gasteiger partial charge in [0.2, 0.25) is 0 Å². The summed E-state index contributed by atoms with van der Waals surface area (Å²) in [6.45, 7) is 6.03. The van der Waals surface area contributed by atoms with Gasteiger partial charge in [-0.25, -0.2) is 4.79 Å². The highest BCUT2D eigenvalue weighted by atomic mass is 16.6. The molecule has 3 N–H and O–H groups in total. The van der Waals surface area contributed by atoms with E-state index in [1.54, 1.807) is 20.8 Å². The van der Waals surface area contributed by atoms with Crippen LogP contribution >= 0.6 is 0 Å². The Morgan fingerprint density at radius 1 is 1.23 bits per heavy atom. The summed E-state index contributed by atoms with van der Waals surface area (Å²) >= 11 is 0. The molecule has 7 nitrogen and oxygen atoms in total. The second-order valence-electron chi connectivity index (χ2n) is 7.64. The Hall–Kier alpha value is -2.12. The van der Waals surface area contributed by atoms with Crippen LogP contribution in [0.3, 0.4) is 0 Å². The number of aliphatic hydroxyl groups is 1. The molecule has 0 radical (unpaired) electrons. The summed E-state index contributed by atoms with van der Waals surface area (Å²) in [5, 5.41) is 10.7. The number of likely N-dealkylation sites (tertiary alicyclic amines) is 1. The average molecular weight is 364 g/mol. The van der Waals surface area contributed by atoms with Crippen LogP contribution in [0.15, 0.2) is 30.3 Å². The van der Waals surface area contributed by atoms with Gasteiger partial charge in [0.05, 0.1) is 5.60 Å². The molecular formula is C19H28N2O5. The summed E-state index contributed by atoms with van der Waals surface area (Å²) in [6.07, 6.45) is -0.0541. The van der Waals surface area contributed by atoms with Crippen molar-refractivity contribution in [2.45, 2.75) is 57.5 Å². The lowest BCUT2D eigenvalue weighted by Gasteiger charge is -2.40. The monoisotopic (exact) mass is 364 g/mol. The van der Waals surface area contributed by atoms with Crippen molar-refractivity contribution >= 4 is 12.1 Å². The number of nitrogens with two attached hydrogens (primary N) is 1. The zero-order valence-electron chi connectivity index (χ0n) is 15.6. The zero-order chi connectivity index (χ0) is 19.4. The largest absolute Gasteiger partial charge is 0.460 e. The maximum atomic E-state index is 12.2. The third kappa shape index (κ3) is 5.44. The van der Waals surface area contributed by atoms with Crippen molar-refractivity contribution in [3.8, 4) is 0 Å². The molecule has 0 aromatic heterocycles. The number of ether oxygens (including phenoxy) is 2. The second kappa shape index (κ2) is 8.05. The first-order chi connectivity index (χ1) is 12.1. The minimum absolute atomic E-state index is 0.105. The number of carbonyl (C=O) groups excluding carboxylic acids is 2. The first kappa shape index (κ1) is 20.2. The minimum Gasteiger partial charge on any atom is -0.460 e. The number of rotatable bonds is 4. The molecule has 1 aromatic carbocycles. The van der Waals surface area contributed by atoms with E-state index >= 15 is 0 Å². The van der Waals surface area contributed by atoms with Crippen molar-refractivity contribution < 1.29 is 24.2 Å². The average Bonchev–Trinajstić information content (AvgIpc) is 2.59. The molecule has 26 heavy (non-hydrogen) atoms. The lowest BCUT2D eigenvalue weighted by Crippen LogP contribution is -2.59. The molecule has 0 spiro atoms. The van der Waals surface area contributed by atoms with Crippen molar-refractivity contribution in [1.29, 1.82) is 0 Å². The lowest BCUT2D eigenvalue weighted by molar-refractivity contribution is -0.155. The molecule has 1 atom stereocenters. The van der Waals surface area contributed by atoms with Crippen molar-refractivity contribution in [2.75, 3.05) is 13.1 Å². The maximum absolute atomic E-state index is 12.2. The highest BCUT2D eigenvalue weighted by molar-refractivity contribution is 5.77. The van der Waals surface area contributed by atoms with Gasteiger partial charge < -0.3 is 25.2 Å². The Morgan fingerprint density at radius 2 is 1.81 bits per heavy atom. The van der Waals surface area contributed by atoms with Crippen LogP contribution in [0.25, 0.3) is 0 Å². The van der Waals surface area contributed by atoms with Gasteiger partial charge in [0.1, 0.15) is 18.2 Å². The predicted molar refractivity (Wildman–Crippen MR) is 96.2 cm³/mol. The van der Waals surface area contributed by atoms with E-state index in [9.17, 15) is 14.7 Å². The molecule has 1 unspecified atom stereocenters. The first-order valence-electron chi connectivity index (χ1n) is 8.77. The Morgan fingerprint density at radius 3 is 2.35 bits per heavy atom. The Kier molecular flexibility index (Phi) is 6.26. The van der Waals surface area contributed by atoms with Gasteiger partial charge in [0.15, 0.2) is 0 Å². The van der Waals surface area contributed by atoms with Crippen LogP contribution in [0.4, 0.5) is 4.79 Å². The lowest BCUT2D eigenvalue weighted by atomic mass is 9.84. The quantitative estimate of drug-likeness (QED) is 0.790. The fourth-order valence-electron chi connectivity index (χ4n) is 2.75. The van der Waals surface area contributed by atoms with Crippen LogP contribution in [-0.2, 0) is 20.9 Å². The van der Waals surface area contributed by atoms with Crippen molar-refractivity contribution in [1.82, 2.24) is 4.90 Å². The summed E-state index contributed by atoms with van der Waals surface area (Å²) in [6, 6.07) is 8.09. The van der Waals surface area contributed by atoms with E-state index in [0.717, 1.165) is 5.56 Å². The van der Waals surface area contributed by atoms with Crippen molar-refractivity contribution in [2.24, 2.45) is 5.73 Å². The van der Waals surface area contributed by atoms with Gasteiger partial charge in [-0.15, -0.1) is 0 Å². The van der Waals surface area contributed by atoms with Crippen LogP contribution in [-0.4, -0.2) is 52.4 Å². The van der Waals surface area contributed by atoms with Crippen LogP contribution in [0, 0.1) is 0 Å². The minimum atomic E-state index is -1.40. The summed E-state index contributed by atoms with van der Waals surface area (Å²) in [7, 11) is 0. The molecule has 7 heteroatoms. The Labute approximate surface area is 154 Å². The molecule has 2 rings (SSSR count). The molecule has 1 heterocycles. The zero-order valence-corrected chi connectivity index (χ0v) is 15.6. The van der Waals surface area contributed by atoms with Crippen LogP contribution < -0.4 is 5.73 Å². The predicted octanol–water partition coefficient (Wildman–Crippen LogP) is 1.82. The number of benzene rings is 1. The highest BCUT2D eigenvalue weighted by Gasteiger charge is 2.43. The summed E-state index contributed by atoms with van der Waals surface area (Å²) in [5.41, 5.74) is 4.82. The molecular weight excluding hydrogens is 336 g/mol. The van der Waals surface area contributed by atoms with Gasteiger partial charge in [-0.2, -0.15) is 0 Å². The van der Waals surface area contributed by atoms with E-state index in [4.69, 9.17) is 15.2 Å². The molecule has 1 fully saturated rings. The molecule has 0 bridgehead atoms. The molecule has 144 valence electrons. The smallest absolute Gasteiger partial charge is 0.410 e. The van der Waals surface area contributed by atoms with Gasteiger partial charge in [-0.3, -0.25) is 4.79 Å². The highest BCUT2D eigenvalue weighted by Crippen LogP contribution is 2.27. The maximum Gasteiger partial charge on any atom is 0.410 e. The number of hydrogen-bond acceptors (Lipinski definition) is 6. The number of amides is 1. The molecule has 0 saturated carbocycles. The van der Waals surface area contributed by atoms with E-state index in [-0.39, 0.29) is 32.5 Å². The molecule has 0 aliphatic carbocycles. The van der Waals surface area contributed by atoms with E-state index in [0.29, 0.717) is 0 Å². The Bertz CT molecular complexity index is 619. The molecule has 1 aliphatic rings. The number of nitrogens with zero attached hydrogens (tertiary/aromatic N) is 1. The standard InChI is InChI=1S/C19H28N2O5/c1-18(2,3)26-17(23)21-11-9-19(24,10-12-21)15(20)16(22)25-13-14-7-5-4-6-8-14/h4-8,15,24H,9-13,20H2,1-3H3. The topological polar surface area (TPSA) is 102 Å². The van der Waals surface area contributed by atoms with Gasteiger partial charge in [0, 0.05) is 13.1 Å². The number of esters is 1. The molecule has 1 aromatic rings. The van der Waals surface area contributed by atoms with Crippen LogP contribution in [0.2, 0.25) is 0 Å². The first-order valence-corrected chi connectivity index (χ1v) is 8.77. The number of carbonyl (C=O) groups is 2. The van der Waals surface area contributed by atoms with Gasteiger partial charge in [-0.05, 0) is 39.2 Å². The SMILES string of the molecule is CC(C)(C)OC(=O)N1CCC(O)(C(N)C(=O)OCc2ccccc2)CC1. The fraction of sp³-hybridized carbons (Fsp3) is 0.579. The van der Waals surface area contributed by atoms with E-state index in [1.807, 2.05) is 30.3 Å². The van der Waals surface area contributed by atoms with E-state index in [1.165, 1.54) is 4.90 Å². The van der Waals surface area contributed by atoms with E-state index in [2.05, 4.69) is 0 Å². The molecule has 1 aliphatic heterocycles. The van der Waals surface area contributed by atoms with Crippen LogP contribution in [0.1, 0.15) is 39.2 Å². The summed E-state index contributed by atoms with van der Waals surface area (Å²) in [4.78, 5) is 25.8. The Balaban J connectivity index is 1.86. The number of hydrogen-bond donors (Lipinski definition) is 2. The molecule has 1 saturated heterocycles. The third-order valence-corrected chi connectivity index (χ3v) is 4.34. The summed E-state index contributed by atoms with van der Waals surface area (Å²) < 4.78 is 10.5. The van der Waals surface area contributed by atoms with Crippen molar-refractivity contribution in [3.63, 3.8) is 0 Å². The van der Waals surface area contributed by atoms with Crippen LogP contribution in [0.5, 0.6) is 0 Å². The van der Waals surface area contributed by atoms with Crippen molar-refractivity contribution in [3.05, 3.63) is 35.9 Å². The van der Waals surface area contributed by atoms with Gasteiger partial charge >= 0.3 is 12.1 Å². The van der Waals surface area contributed by atoms with E-state index < -0.39 is 29.3 Å². The van der Waals surface area contributed by atoms with Gasteiger partial charge in [-0.1, -0.05) is 30.3 Å².